The summed E-state index contributed by atoms with van der Waals surface area (Å²) in [5.74, 6) is 0.600. The van der Waals surface area contributed by atoms with Gasteiger partial charge in [0, 0.05) is 11.1 Å². The van der Waals surface area contributed by atoms with Crippen molar-refractivity contribution in [1.29, 1.82) is 0 Å². The van der Waals surface area contributed by atoms with Crippen LogP contribution in [0.3, 0.4) is 0 Å². The number of aromatic nitrogens is 4. The maximum atomic E-state index is 6.05. The molecule has 0 spiro atoms. The number of hydrogen-bond donors (Lipinski definition) is 1. The third-order valence-electron chi connectivity index (χ3n) is 4.60. The SMILES string of the molecule is c1ccc2sc(-c3ccc4nc(-c5ccc6nc[nH]c6c5)oc4c3)nc2c1. The van der Waals surface area contributed by atoms with E-state index in [2.05, 4.69) is 21.0 Å². The summed E-state index contributed by atoms with van der Waals surface area (Å²) in [4.78, 5) is 16.7. The van der Waals surface area contributed by atoms with Crippen molar-refractivity contribution in [3.63, 3.8) is 0 Å². The molecule has 3 aromatic carbocycles. The van der Waals surface area contributed by atoms with Crippen LogP contribution in [0.5, 0.6) is 0 Å². The van der Waals surface area contributed by atoms with Crippen LogP contribution in [0, 0.1) is 0 Å². The molecule has 0 saturated heterocycles. The molecule has 0 unspecified atom stereocenters. The Morgan fingerprint density at radius 2 is 1.70 bits per heavy atom. The van der Waals surface area contributed by atoms with Gasteiger partial charge in [-0.3, -0.25) is 0 Å². The quantitative estimate of drug-likeness (QED) is 0.429. The lowest BCUT2D eigenvalue weighted by Gasteiger charge is -1.95. The van der Waals surface area contributed by atoms with Gasteiger partial charge in [-0.25, -0.2) is 15.0 Å². The molecule has 0 bridgehead atoms. The van der Waals surface area contributed by atoms with Crippen molar-refractivity contribution >= 4 is 43.7 Å². The summed E-state index contributed by atoms with van der Waals surface area (Å²) in [6.07, 6.45) is 1.69. The van der Waals surface area contributed by atoms with Crippen LogP contribution in [-0.4, -0.2) is 19.9 Å². The number of benzene rings is 3. The van der Waals surface area contributed by atoms with Crippen LogP contribution in [0.25, 0.3) is 54.4 Å². The number of hydrogen-bond acceptors (Lipinski definition) is 5. The second kappa shape index (κ2) is 5.49. The number of aromatic amines is 1. The fourth-order valence-corrected chi connectivity index (χ4v) is 4.21. The molecule has 0 amide bonds. The molecular formula is C21H12N4OS. The minimum atomic E-state index is 0.600. The topological polar surface area (TPSA) is 67.6 Å². The number of thiazole rings is 1. The lowest BCUT2D eigenvalue weighted by atomic mass is 10.2. The lowest BCUT2D eigenvalue weighted by Crippen LogP contribution is -1.78. The molecule has 6 rings (SSSR count). The van der Waals surface area contributed by atoms with E-state index in [4.69, 9.17) is 9.40 Å². The molecule has 6 aromatic rings. The molecule has 6 heteroatoms. The first-order valence-corrected chi connectivity index (χ1v) is 9.35. The minimum absolute atomic E-state index is 0.600. The average molecular weight is 368 g/mol. The van der Waals surface area contributed by atoms with E-state index >= 15 is 0 Å². The van der Waals surface area contributed by atoms with Crippen LogP contribution in [0.1, 0.15) is 0 Å². The van der Waals surface area contributed by atoms with Crippen LogP contribution >= 0.6 is 11.3 Å². The van der Waals surface area contributed by atoms with E-state index in [0.29, 0.717) is 5.89 Å². The van der Waals surface area contributed by atoms with Crippen molar-refractivity contribution in [2.24, 2.45) is 0 Å². The Morgan fingerprint density at radius 3 is 2.67 bits per heavy atom. The van der Waals surface area contributed by atoms with Crippen LogP contribution < -0.4 is 0 Å². The zero-order valence-electron chi connectivity index (χ0n) is 14.0. The number of nitrogens with zero attached hydrogens (tertiary/aromatic N) is 3. The normalized spacial score (nSPS) is 11.7. The summed E-state index contributed by atoms with van der Waals surface area (Å²) >= 11 is 1.68. The molecule has 3 heterocycles. The van der Waals surface area contributed by atoms with E-state index in [-0.39, 0.29) is 0 Å². The number of fused-ring (bicyclic) bond motifs is 3. The van der Waals surface area contributed by atoms with Gasteiger partial charge >= 0.3 is 0 Å². The standard InChI is InChI=1S/C21H12N4OS/c1-2-4-19-16(3-1)25-21(27-19)13-6-8-15-18(10-13)26-20(24-15)12-5-7-14-17(9-12)23-11-22-14/h1-11H,(H,22,23). The first kappa shape index (κ1) is 14.6. The predicted molar refractivity (Wildman–Crippen MR) is 108 cm³/mol. The van der Waals surface area contributed by atoms with Gasteiger partial charge < -0.3 is 9.40 Å². The number of rotatable bonds is 2. The van der Waals surface area contributed by atoms with Crippen LogP contribution in [0.15, 0.2) is 71.4 Å². The fraction of sp³-hybridized carbons (Fsp3) is 0. The van der Waals surface area contributed by atoms with Crippen LogP contribution in [0.4, 0.5) is 0 Å². The van der Waals surface area contributed by atoms with Crippen LogP contribution in [-0.2, 0) is 0 Å². The molecule has 0 aliphatic rings. The molecule has 5 nitrogen and oxygen atoms in total. The third kappa shape index (κ3) is 2.34. The fourth-order valence-electron chi connectivity index (χ4n) is 3.25. The van der Waals surface area contributed by atoms with Gasteiger partial charge in [0.1, 0.15) is 10.5 Å². The molecule has 3 aromatic heterocycles. The predicted octanol–water partition coefficient (Wildman–Crippen LogP) is 5.65. The maximum Gasteiger partial charge on any atom is 0.227 e. The highest BCUT2D eigenvalue weighted by Gasteiger charge is 2.12. The molecule has 27 heavy (non-hydrogen) atoms. The second-order valence-corrected chi connectivity index (χ2v) is 7.35. The molecule has 0 aliphatic heterocycles. The molecule has 0 atom stereocenters. The smallest absolute Gasteiger partial charge is 0.227 e. The molecule has 128 valence electrons. The van der Waals surface area contributed by atoms with Crippen molar-refractivity contribution in [2.75, 3.05) is 0 Å². The molecule has 0 saturated carbocycles. The van der Waals surface area contributed by atoms with Crippen molar-refractivity contribution in [1.82, 2.24) is 19.9 Å². The number of H-pyrrole nitrogens is 1. The minimum Gasteiger partial charge on any atom is -0.436 e. The zero-order valence-corrected chi connectivity index (χ0v) is 14.8. The van der Waals surface area contributed by atoms with Gasteiger partial charge in [-0.2, -0.15) is 0 Å². The maximum absolute atomic E-state index is 6.05. The van der Waals surface area contributed by atoms with Crippen molar-refractivity contribution in [2.45, 2.75) is 0 Å². The Labute approximate surface area is 157 Å². The summed E-state index contributed by atoms with van der Waals surface area (Å²) in [5, 5.41) is 0.981. The Hall–Kier alpha value is -3.51. The molecule has 0 radical (unpaired) electrons. The van der Waals surface area contributed by atoms with Crippen molar-refractivity contribution in [3.8, 4) is 22.0 Å². The molecular weight excluding hydrogens is 356 g/mol. The van der Waals surface area contributed by atoms with Gasteiger partial charge in [0.05, 0.1) is 27.6 Å². The van der Waals surface area contributed by atoms with Gasteiger partial charge in [0.2, 0.25) is 5.89 Å². The van der Waals surface area contributed by atoms with Gasteiger partial charge in [-0.1, -0.05) is 12.1 Å². The Morgan fingerprint density at radius 1 is 0.815 bits per heavy atom. The molecule has 0 aliphatic carbocycles. The lowest BCUT2D eigenvalue weighted by molar-refractivity contribution is 0.620. The molecule has 1 N–H and O–H groups in total. The van der Waals surface area contributed by atoms with E-state index in [0.717, 1.165) is 43.8 Å². The number of para-hydroxylation sites is 1. The summed E-state index contributed by atoms with van der Waals surface area (Å²) in [6, 6.07) is 20.1. The first-order chi connectivity index (χ1) is 13.3. The highest BCUT2D eigenvalue weighted by Crippen LogP contribution is 2.33. The Bertz CT molecular complexity index is 1410. The van der Waals surface area contributed by atoms with Gasteiger partial charge in [-0.05, 0) is 48.5 Å². The monoisotopic (exact) mass is 368 g/mol. The molecule has 0 fully saturated rings. The highest BCUT2D eigenvalue weighted by molar-refractivity contribution is 7.21. The Kier molecular flexibility index (Phi) is 2.98. The first-order valence-electron chi connectivity index (χ1n) is 8.53. The van der Waals surface area contributed by atoms with E-state index in [1.165, 1.54) is 4.70 Å². The summed E-state index contributed by atoms with van der Waals surface area (Å²) in [7, 11) is 0. The number of nitrogens with one attached hydrogen (secondary N) is 1. The van der Waals surface area contributed by atoms with Crippen LogP contribution in [0.2, 0.25) is 0 Å². The number of imidazole rings is 1. The third-order valence-corrected chi connectivity index (χ3v) is 5.68. The van der Waals surface area contributed by atoms with E-state index in [9.17, 15) is 0 Å². The summed E-state index contributed by atoms with van der Waals surface area (Å²) in [5.41, 5.74) is 6.45. The van der Waals surface area contributed by atoms with Crippen molar-refractivity contribution in [3.05, 3.63) is 67.0 Å². The second-order valence-electron chi connectivity index (χ2n) is 6.32. The van der Waals surface area contributed by atoms with E-state index in [1.807, 2.05) is 54.6 Å². The van der Waals surface area contributed by atoms with E-state index < -0.39 is 0 Å². The van der Waals surface area contributed by atoms with Crippen molar-refractivity contribution < 1.29 is 4.42 Å². The zero-order chi connectivity index (χ0) is 17.8. The van der Waals surface area contributed by atoms with Gasteiger partial charge in [0.15, 0.2) is 5.58 Å². The average Bonchev–Trinajstić information content (AvgIpc) is 3.42. The summed E-state index contributed by atoms with van der Waals surface area (Å²) in [6.45, 7) is 0. The summed E-state index contributed by atoms with van der Waals surface area (Å²) < 4.78 is 7.23. The van der Waals surface area contributed by atoms with Gasteiger partial charge in [0.25, 0.3) is 0 Å². The largest absolute Gasteiger partial charge is 0.436 e. The highest BCUT2D eigenvalue weighted by atomic mass is 32.1. The van der Waals surface area contributed by atoms with Gasteiger partial charge in [-0.15, -0.1) is 11.3 Å². The Balaban J connectivity index is 1.46. The number of oxazole rings is 1. The van der Waals surface area contributed by atoms with E-state index in [1.54, 1.807) is 17.7 Å².